The van der Waals surface area contributed by atoms with Gasteiger partial charge in [0, 0.05) is 20.1 Å². The predicted molar refractivity (Wildman–Crippen MR) is 107 cm³/mol. The van der Waals surface area contributed by atoms with Crippen LogP contribution < -0.4 is 0 Å². The number of benzene rings is 3. The average Bonchev–Trinajstić information content (AvgIpc) is 2.61. The first-order chi connectivity index (χ1) is 11.9. The molecule has 0 saturated heterocycles. The van der Waals surface area contributed by atoms with E-state index in [9.17, 15) is 8.42 Å². The topological polar surface area (TPSA) is 66.7 Å². The van der Waals surface area contributed by atoms with Crippen molar-refractivity contribution in [3.63, 3.8) is 0 Å². The van der Waals surface area contributed by atoms with Gasteiger partial charge in [-0.2, -0.15) is 8.42 Å². The van der Waals surface area contributed by atoms with E-state index in [-0.39, 0.29) is 27.5 Å². The van der Waals surface area contributed by atoms with E-state index in [1.807, 2.05) is 72.8 Å². The Morgan fingerprint density at radius 2 is 1.37 bits per heavy atom. The van der Waals surface area contributed by atoms with Crippen LogP contribution in [0.1, 0.15) is 11.1 Å². The minimum Gasteiger partial charge on any atom is -0.358 e. The van der Waals surface area contributed by atoms with E-state index in [1.165, 1.54) is 0 Å². The van der Waals surface area contributed by atoms with E-state index < -0.39 is 10.1 Å². The van der Waals surface area contributed by atoms with Crippen molar-refractivity contribution in [1.82, 2.24) is 0 Å². The second-order valence-electron chi connectivity index (χ2n) is 5.17. The molecule has 27 heavy (non-hydrogen) atoms. The van der Waals surface area contributed by atoms with Gasteiger partial charge in [0.2, 0.25) is 0 Å². The maximum absolute atomic E-state index is 9.19. The monoisotopic (exact) mass is 560 g/mol. The van der Waals surface area contributed by atoms with Crippen LogP contribution in [-0.4, -0.2) is 24.9 Å². The van der Waals surface area contributed by atoms with Gasteiger partial charge in [0.25, 0.3) is 10.1 Å². The first-order valence-corrected chi connectivity index (χ1v) is 9.37. The van der Waals surface area contributed by atoms with E-state index in [1.54, 1.807) is 0 Å². The van der Waals surface area contributed by atoms with Gasteiger partial charge in [-0.05, 0) is 23.4 Å². The summed E-state index contributed by atoms with van der Waals surface area (Å²) in [6.45, 7) is 0. The molecule has 0 aliphatic carbocycles. The molecule has 1 N–H and O–H groups in total. The van der Waals surface area contributed by atoms with Gasteiger partial charge in [0.05, 0.1) is 11.9 Å². The Morgan fingerprint density at radius 3 is 1.85 bits per heavy atom. The molecule has 0 aromatic heterocycles. The molecule has 3 rings (SSSR count). The third-order valence-corrected chi connectivity index (χ3v) is 3.01. The number of para-hydroxylation sites is 1. The van der Waals surface area contributed by atoms with E-state index in [0.717, 1.165) is 22.5 Å². The molecule has 0 amide bonds. The van der Waals surface area contributed by atoms with Crippen molar-refractivity contribution < 1.29 is 33.1 Å². The summed E-state index contributed by atoms with van der Waals surface area (Å²) in [4.78, 5) is 4.78. The predicted octanol–water partition coefficient (Wildman–Crippen LogP) is 4.61. The fraction of sp³-hybridized carbons (Fsp3) is 0.0476. The molecule has 0 atom stereocenters. The third-order valence-electron chi connectivity index (χ3n) is 3.01. The Bertz CT molecular complexity index is 864. The second kappa shape index (κ2) is 12.3. The zero-order valence-corrected chi connectivity index (χ0v) is 18.2. The molecular weight excluding hydrogens is 539 g/mol. The number of hydrogen-bond donors (Lipinski definition) is 1. The van der Waals surface area contributed by atoms with Crippen LogP contribution in [0.25, 0.3) is 0 Å². The van der Waals surface area contributed by atoms with E-state index in [4.69, 9.17) is 9.55 Å². The summed E-state index contributed by atoms with van der Waals surface area (Å²) in [5, 5.41) is 0. The number of aliphatic imine (C=N–C) groups is 1. The average molecular weight is 560 g/mol. The summed E-state index contributed by atoms with van der Waals surface area (Å²) in [5.41, 5.74) is 3.99. The van der Waals surface area contributed by atoms with Crippen LogP contribution >= 0.6 is 0 Å². The first-order valence-electron chi connectivity index (χ1n) is 7.52. The van der Waals surface area contributed by atoms with Crippen molar-refractivity contribution in [2.24, 2.45) is 4.99 Å². The molecule has 0 spiro atoms. The van der Waals surface area contributed by atoms with Gasteiger partial charge < -0.3 is 7.43 Å². The van der Waals surface area contributed by atoms with Gasteiger partial charge in [-0.3, -0.25) is 9.55 Å². The van der Waals surface area contributed by atoms with Crippen LogP contribution in [0.15, 0.2) is 89.9 Å². The summed E-state index contributed by atoms with van der Waals surface area (Å²) in [6.07, 6.45) is 0.715. The van der Waals surface area contributed by atoms with Gasteiger partial charge >= 0.3 is 0 Å². The summed E-state index contributed by atoms with van der Waals surface area (Å²) in [7, 11) is -3.67. The molecule has 6 heteroatoms. The summed E-state index contributed by atoms with van der Waals surface area (Å²) in [5.74, 6) is 0. The summed E-state index contributed by atoms with van der Waals surface area (Å²) in [6, 6.07) is 31.4. The first kappa shape index (κ1) is 24.9. The fourth-order valence-electron chi connectivity index (χ4n) is 2.05. The van der Waals surface area contributed by atoms with Gasteiger partial charge in [-0.15, -0.1) is 35.9 Å². The Hall–Kier alpha value is -2.11. The zero-order chi connectivity index (χ0) is 18.1. The molecule has 3 aromatic rings. The molecular formula is C21H21IrNO3S-2. The van der Waals surface area contributed by atoms with Gasteiger partial charge in [-0.1, -0.05) is 48.5 Å². The van der Waals surface area contributed by atoms with Crippen molar-refractivity contribution in [2.75, 3.05) is 6.26 Å². The molecule has 145 valence electrons. The van der Waals surface area contributed by atoms with Crippen molar-refractivity contribution >= 4 is 21.5 Å². The van der Waals surface area contributed by atoms with Crippen LogP contribution in [0.5, 0.6) is 0 Å². The summed E-state index contributed by atoms with van der Waals surface area (Å²) < 4.78 is 25.9. The minimum atomic E-state index is -3.67. The van der Waals surface area contributed by atoms with Crippen molar-refractivity contribution in [2.45, 2.75) is 0 Å². The molecule has 4 nitrogen and oxygen atoms in total. The maximum atomic E-state index is 9.19. The standard InChI is InChI=1S/C19H14N.CH4O3S.CH3.Ir/c1-4-10-16(11-5-1)19(17-12-6-2-7-13-17)20-18-14-8-3-9-15-18;1-5(2,3)4;;/h1-12,14-15H;1H3,(H,2,3,4);1H3;/q-1;;-1;. The fourth-order valence-corrected chi connectivity index (χ4v) is 2.05. The van der Waals surface area contributed by atoms with Crippen LogP contribution in [0, 0.1) is 13.5 Å². The van der Waals surface area contributed by atoms with Crippen LogP contribution in [0.2, 0.25) is 0 Å². The number of nitrogens with zero attached hydrogens (tertiary/aromatic N) is 1. The SMILES string of the molecule is CS(=O)(=O)O.[CH3-].[Ir].[c-]1ccccc1C(=Nc1ccccc1)c1ccccc1. The quantitative estimate of drug-likeness (QED) is 0.290. The Morgan fingerprint density at radius 1 is 0.889 bits per heavy atom. The Kier molecular flexibility index (Phi) is 11.3. The minimum absolute atomic E-state index is 0. The zero-order valence-electron chi connectivity index (χ0n) is 15.0. The Balaban J connectivity index is 0.000000864. The smallest absolute Gasteiger partial charge is 0.261 e. The summed E-state index contributed by atoms with van der Waals surface area (Å²) >= 11 is 0. The number of rotatable bonds is 3. The van der Waals surface area contributed by atoms with Gasteiger partial charge in [0.1, 0.15) is 0 Å². The van der Waals surface area contributed by atoms with Gasteiger partial charge in [0.15, 0.2) is 0 Å². The Labute approximate surface area is 175 Å². The molecule has 1 radical (unpaired) electrons. The molecule has 0 bridgehead atoms. The molecule has 0 aliphatic heterocycles. The van der Waals surface area contributed by atoms with Gasteiger partial charge in [-0.25, -0.2) is 0 Å². The van der Waals surface area contributed by atoms with Crippen molar-refractivity contribution in [3.8, 4) is 0 Å². The molecule has 0 saturated carbocycles. The second-order valence-corrected chi connectivity index (χ2v) is 6.64. The molecule has 0 heterocycles. The maximum Gasteiger partial charge on any atom is 0.261 e. The van der Waals surface area contributed by atoms with E-state index >= 15 is 0 Å². The van der Waals surface area contributed by atoms with E-state index in [2.05, 4.69) is 18.2 Å². The molecule has 0 aliphatic rings. The van der Waals surface area contributed by atoms with Crippen LogP contribution in [0.3, 0.4) is 0 Å². The third kappa shape index (κ3) is 9.97. The molecule has 3 aromatic carbocycles. The van der Waals surface area contributed by atoms with E-state index in [0.29, 0.717) is 6.26 Å². The number of hydrogen-bond acceptors (Lipinski definition) is 3. The van der Waals surface area contributed by atoms with Crippen molar-refractivity contribution in [3.05, 3.63) is 110 Å². The normalized spacial score (nSPS) is 10.5. The van der Waals surface area contributed by atoms with Crippen molar-refractivity contribution in [1.29, 1.82) is 0 Å². The molecule has 0 fully saturated rings. The van der Waals surface area contributed by atoms with Crippen LogP contribution in [-0.2, 0) is 30.2 Å². The van der Waals surface area contributed by atoms with Crippen LogP contribution in [0.4, 0.5) is 5.69 Å². The molecule has 0 unspecified atom stereocenters. The largest absolute Gasteiger partial charge is 0.358 e.